The predicted molar refractivity (Wildman–Crippen MR) is 73.5 cm³/mol. The molecule has 1 N–H and O–H groups in total. The van der Waals surface area contributed by atoms with Gasteiger partial charge in [0.2, 0.25) is 0 Å². The number of carboxylic acid groups (broad SMARTS) is 1. The SMILES string of the molecule is COc1ccc([N+](=O)[O-])cc1-n1nnc(C(=O)O)c1C1CC1. The number of ether oxygens (including phenoxy) is 1. The van der Waals surface area contributed by atoms with E-state index >= 15 is 0 Å². The number of nitro benzene ring substituents is 1. The van der Waals surface area contributed by atoms with Gasteiger partial charge in [0.1, 0.15) is 11.4 Å². The van der Waals surface area contributed by atoms with Gasteiger partial charge in [0.15, 0.2) is 5.69 Å². The summed E-state index contributed by atoms with van der Waals surface area (Å²) in [6.45, 7) is 0. The van der Waals surface area contributed by atoms with Crippen LogP contribution in [0, 0.1) is 10.1 Å². The molecule has 1 aliphatic rings. The molecule has 2 aromatic rings. The first-order valence-electron chi connectivity index (χ1n) is 6.54. The summed E-state index contributed by atoms with van der Waals surface area (Å²) in [7, 11) is 1.43. The van der Waals surface area contributed by atoms with Crippen molar-refractivity contribution in [2.45, 2.75) is 18.8 Å². The molecule has 0 bridgehead atoms. The fraction of sp³-hybridized carbons (Fsp3) is 0.308. The lowest BCUT2D eigenvalue weighted by Crippen LogP contribution is -2.07. The fourth-order valence-electron chi connectivity index (χ4n) is 2.30. The van der Waals surface area contributed by atoms with Crippen LogP contribution < -0.4 is 4.74 Å². The lowest BCUT2D eigenvalue weighted by atomic mass is 10.2. The van der Waals surface area contributed by atoms with Gasteiger partial charge < -0.3 is 9.84 Å². The van der Waals surface area contributed by atoms with Crippen LogP contribution in [0.5, 0.6) is 5.75 Å². The molecular formula is C13H12N4O5. The van der Waals surface area contributed by atoms with Crippen LogP contribution in [0.25, 0.3) is 5.69 Å². The second-order valence-electron chi connectivity index (χ2n) is 4.93. The lowest BCUT2D eigenvalue weighted by Gasteiger charge is -2.10. The number of aromatic carboxylic acids is 1. The third kappa shape index (κ3) is 2.26. The van der Waals surface area contributed by atoms with Gasteiger partial charge in [0.25, 0.3) is 5.69 Å². The molecule has 1 aromatic heterocycles. The highest BCUT2D eigenvalue weighted by atomic mass is 16.6. The van der Waals surface area contributed by atoms with Crippen molar-refractivity contribution in [1.82, 2.24) is 15.0 Å². The Morgan fingerprint density at radius 1 is 1.50 bits per heavy atom. The summed E-state index contributed by atoms with van der Waals surface area (Å²) in [5.74, 6) is -0.767. The molecule has 9 heteroatoms. The van der Waals surface area contributed by atoms with Crippen molar-refractivity contribution in [1.29, 1.82) is 0 Å². The van der Waals surface area contributed by atoms with E-state index in [4.69, 9.17) is 4.74 Å². The molecule has 1 aliphatic carbocycles. The molecule has 22 heavy (non-hydrogen) atoms. The summed E-state index contributed by atoms with van der Waals surface area (Å²) in [4.78, 5) is 21.7. The summed E-state index contributed by atoms with van der Waals surface area (Å²) in [5.41, 5.74) is 0.492. The number of carboxylic acids is 1. The topological polar surface area (TPSA) is 120 Å². The first kappa shape index (κ1) is 14.0. The first-order chi connectivity index (χ1) is 10.5. The Labute approximate surface area is 124 Å². The minimum absolute atomic E-state index is 0.0464. The molecule has 1 aromatic carbocycles. The van der Waals surface area contributed by atoms with Crippen LogP contribution in [0.2, 0.25) is 0 Å². The number of methoxy groups -OCH3 is 1. The van der Waals surface area contributed by atoms with E-state index in [-0.39, 0.29) is 17.3 Å². The number of nitrogens with zero attached hydrogens (tertiary/aromatic N) is 4. The zero-order chi connectivity index (χ0) is 15.9. The zero-order valence-corrected chi connectivity index (χ0v) is 11.6. The highest BCUT2D eigenvalue weighted by Gasteiger charge is 2.35. The number of aromatic nitrogens is 3. The predicted octanol–water partition coefficient (Wildman–Crippen LogP) is 1.76. The second-order valence-corrected chi connectivity index (χ2v) is 4.93. The maximum absolute atomic E-state index is 11.3. The van der Waals surface area contributed by atoms with Gasteiger partial charge in [-0.05, 0) is 18.9 Å². The zero-order valence-electron chi connectivity index (χ0n) is 11.6. The minimum atomic E-state index is -1.17. The third-order valence-electron chi connectivity index (χ3n) is 3.47. The molecule has 9 nitrogen and oxygen atoms in total. The number of benzene rings is 1. The Balaban J connectivity index is 2.20. The van der Waals surface area contributed by atoms with Crippen LogP contribution in [0.3, 0.4) is 0 Å². The van der Waals surface area contributed by atoms with Crippen molar-refractivity contribution in [3.63, 3.8) is 0 Å². The normalized spacial score (nSPS) is 13.9. The molecule has 1 fully saturated rings. The fourth-order valence-corrected chi connectivity index (χ4v) is 2.30. The Kier molecular flexibility index (Phi) is 3.24. The lowest BCUT2D eigenvalue weighted by molar-refractivity contribution is -0.384. The van der Waals surface area contributed by atoms with Crippen molar-refractivity contribution in [3.8, 4) is 11.4 Å². The van der Waals surface area contributed by atoms with Crippen LogP contribution in [0.15, 0.2) is 18.2 Å². The largest absolute Gasteiger partial charge is 0.494 e. The highest BCUT2D eigenvalue weighted by Crippen LogP contribution is 2.43. The Hall–Kier alpha value is -2.97. The van der Waals surface area contributed by atoms with Gasteiger partial charge in [-0.3, -0.25) is 10.1 Å². The Bertz CT molecular complexity index is 766. The molecule has 0 aliphatic heterocycles. The molecule has 0 amide bonds. The number of non-ortho nitro benzene ring substituents is 1. The van der Waals surface area contributed by atoms with Crippen molar-refractivity contribution < 1.29 is 19.6 Å². The molecule has 0 saturated heterocycles. The summed E-state index contributed by atoms with van der Waals surface area (Å²) < 4.78 is 6.53. The van der Waals surface area contributed by atoms with Crippen molar-refractivity contribution in [3.05, 3.63) is 39.7 Å². The molecule has 3 rings (SSSR count). The average Bonchev–Trinajstić information content (AvgIpc) is 3.24. The maximum atomic E-state index is 11.3. The van der Waals surface area contributed by atoms with E-state index in [1.807, 2.05) is 0 Å². The molecule has 0 spiro atoms. The summed E-state index contributed by atoms with van der Waals surface area (Å²) >= 11 is 0. The maximum Gasteiger partial charge on any atom is 0.358 e. The van der Waals surface area contributed by atoms with Gasteiger partial charge in [-0.25, -0.2) is 9.48 Å². The summed E-state index contributed by atoms with van der Waals surface area (Å²) in [6, 6.07) is 4.06. The van der Waals surface area contributed by atoms with Gasteiger partial charge in [-0.1, -0.05) is 5.21 Å². The van der Waals surface area contributed by atoms with Crippen molar-refractivity contribution in [2.75, 3.05) is 7.11 Å². The second kappa shape index (κ2) is 5.10. The molecule has 1 heterocycles. The van der Waals surface area contributed by atoms with Crippen molar-refractivity contribution in [2.24, 2.45) is 0 Å². The monoisotopic (exact) mass is 304 g/mol. The number of carbonyl (C=O) groups is 1. The average molecular weight is 304 g/mol. The van der Waals surface area contributed by atoms with E-state index in [1.54, 1.807) is 0 Å². The molecule has 114 valence electrons. The number of hydrogen-bond acceptors (Lipinski definition) is 6. The van der Waals surface area contributed by atoms with Gasteiger partial charge in [0.05, 0.1) is 17.7 Å². The van der Waals surface area contributed by atoms with E-state index in [0.29, 0.717) is 17.1 Å². The van der Waals surface area contributed by atoms with E-state index in [1.165, 1.54) is 30.0 Å². The van der Waals surface area contributed by atoms with Crippen LogP contribution in [-0.2, 0) is 0 Å². The van der Waals surface area contributed by atoms with E-state index in [0.717, 1.165) is 12.8 Å². The number of rotatable bonds is 5. The van der Waals surface area contributed by atoms with Gasteiger partial charge in [0, 0.05) is 18.1 Å². The molecule has 0 unspecified atom stereocenters. The quantitative estimate of drug-likeness (QED) is 0.659. The first-order valence-corrected chi connectivity index (χ1v) is 6.54. The Morgan fingerprint density at radius 3 is 2.77 bits per heavy atom. The van der Waals surface area contributed by atoms with Gasteiger partial charge in [-0.15, -0.1) is 5.10 Å². The standard InChI is InChI=1S/C13H12N4O5/c1-22-10-5-4-8(17(20)21)6-9(10)16-12(7-2-3-7)11(13(18)19)14-15-16/h4-7H,2-3H2,1H3,(H,18,19). The molecule has 1 saturated carbocycles. The highest BCUT2D eigenvalue weighted by molar-refractivity contribution is 5.87. The van der Waals surface area contributed by atoms with Crippen LogP contribution in [0.1, 0.15) is 34.9 Å². The number of hydrogen-bond donors (Lipinski definition) is 1. The van der Waals surface area contributed by atoms with Gasteiger partial charge in [-0.2, -0.15) is 0 Å². The summed E-state index contributed by atoms with van der Waals surface area (Å²) in [5, 5.41) is 27.7. The minimum Gasteiger partial charge on any atom is -0.494 e. The molecular weight excluding hydrogens is 292 g/mol. The van der Waals surface area contributed by atoms with E-state index < -0.39 is 10.9 Å². The smallest absolute Gasteiger partial charge is 0.358 e. The van der Waals surface area contributed by atoms with E-state index in [9.17, 15) is 20.0 Å². The van der Waals surface area contributed by atoms with Crippen LogP contribution in [0.4, 0.5) is 5.69 Å². The number of nitro groups is 1. The Morgan fingerprint density at radius 2 is 2.23 bits per heavy atom. The van der Waals surface area contributed by atoms with Crippen molar-refractivity contribution >= 4 is 11.7 Å². The summed E-state index contributed by atoms with van der Waals surface area (Å²) in [6.07, 6.45) is 1.68. The third-order valence-corrected chi connectivity index (χ3v) is 3.47. The van der Waals surface area contributed by atoms with Crippen LogP contribution in [-0.4, -0.2) is 38.1 Å². The van der Waals surface area contributed by atoms with Gasteiger partial charge >= 0.3 is 5.97 Å². The van der Waals surface area contributed by atoms with E-state index in [2.05, 4.69) is 10.3 Å². The molecule has 0 radical (unpaired) electrons. The van der Waals surface area contributed by atoms with Crippen LogP contribution >= 0.6 is 0 Å². The molecule has 0 atom stereocenters.